The van der Waals surface area contributed by atoms with Crippen LogP contribution in [-0.2, 0) is 6.42 Å². The summed E-state index contributed by atoms with van der Waals surface area (Å²) in [5, 5.41) is 0. The lowest BCUT2D eigenvalue weighted by molar-refractivity contribution is 0.415. The molecule has 0 bridgehead atoms. The Morgan fingerprint density at radius 3 is 2.81 bits per heavy atom. The molecular formula is C13H18N2S. The van der Waals surface area contributed by atoms with E-state index in [4.69, 9.17) is 4.98 Å². The SMILES string of the molecule is Cc1sc2nc3c(n2c1C)CCC(C)C3C. The summed E-state index contributed by atoms with van der Waals surface area (Å²) in [5.41, 5.74) is 4.21. The molecule has 2 atom stereocenters. The number of nitrogens with zero attached hydrogens (tertiary/aromatic N) is 2. The third-order valence-corrected chi connectivity index (χ3v) is 5.24. The number of imidazole rings is 1. The van der Waals surface area contributed by atoms with E-state index in [0.29, 0.717) is 5.92 Å². The molecule has 2 nitrogen and oxygen atoms in total. The lowest BCUT2D eigenvalue weighted by atomic mass is 9.82. The van der Waals surface area contributed by atoms with E-state index in [1.165, 1.54) is 39.8 Å². The minimum Gasteiger partial charge on any atom is -0.291 e. The van der Waals surface area contributed by atoms with Gasteiger partial charge in [-0.15, -0.1) is 11.3 Å². The van der Waals surface area contributed by atoms with Crippen LogP contribution in [0.5, 0.6) is 0 Å². The first-order chi connectivity index (χ1) is 7.59. The van der Waals surface area contributed by atoms with E-state index in [2.05, 4.69) is 32.1 Å². The van der Waals surface area contributed by atoms with Crippen molar-refractivity contribution in [3.05, 3.63) is 22.0 Å². The number of aryl methyl sites for hydroxylation is 3. The van der Waals surface area contributed by atoms with Crippen LogP contribution in [0.4, 0.5) is 0 Å². The summed E-state index contributed by atoms with van der Waals surface area (Å²) in [6.45, 7) is 9.07. The summed E-state index contributed by atoms with van der Waals surface area (Å²) >= 11 is 1.83. The van der Waals surface area contributed by atoms with Crippen molar-refractivity contribution in [2.45, 2.75) is 46.5 Å². The molecule has 2 aromatic rings. The standard InChI is InChI=1S/C13H18N2S/c1-7-5-6-11-12(8(7)2)14-13-15(11)9(3)10(4)16-13/h7-8H,5-6H2,1-4H3. The maximum Gasteiger partial charge on any atom is 0.194 e. The quantitative estimate of drug-likeness (QED) is 0.679. The number of thiazole rings is 1. The average Bonchev–Trinajstić information content (AvgIpc) is 2.73. The van der Waals surface area contributed by atoms with Gasteiger partial charge in [-0.05, 0) is 32.6 Å². The van der Waals surface area contributed by atoms with Crippen LogP contribution in [-0.4, -0.2) is 9.38 Å². The third-order valence-electron chi connectivity index (χ3n) is 4.18. The van der Waals surface area contributed by atoms with E-state index < -0.39 is 0 Å². The molecule has 0 aliphatic heterocycles. The molecule has 2 heterocycles. The molecule has 0 fully saturated rings. The molecule has 0 N–H and O–H groups in total. The molecule has 3 heteroatoms. The number of hydrogen-bond acceptors (Lipinski definition) is 2. The second-order valence-corrected chi connectivity index (χ2v) is 6.29. The number of hydrogen-bond donors (Lipinski definition) is 0. The Balaban J connectivity index is 2.28. The highest BCUT2D eigenvalue weighted by molar-refractivity contribution is 7.17. The largest absolute Gasteiger partial charge is 0.291 e. The molecule has 0 spiro atoms. The van der Waals surface area contributed by atoms with Gasteiger partial charge in [-0.25, -0.2) is 4.98 Å². The average molecular weight is 234 g/mol. The van der Waals surface area contributed by atoms with Gasteiger partial charge in [0.1, 0.15) is 0 Å². The van der Waals surface area contributed by atoms with Gasteiger partial charge in [-0.1, -0.05) is 13.8 Å². The highest BCUT2D eigenvalue weighted by Gasteiger charge is 2.28. The number of rotatable bonds is 0. The molecule has 0 amide bonds. The fourth-order valence-corrected chi connectivity index (χ4v) is 3.71. The summed E-state index contributed by atoms with van der Waals surface area (Å²) in [6, 6.07) is 0. The van der Waals surface area contributed by atoms with Gasteiger partial charge in [0.2, 0.25) is 0 Å². The predicted octanol–water partition coefficient (Wildman–Crippen LogP) is 3.70. The molecular weight excluding hydrogens is 216 g/mol. The lowest BCUT2D eigenvalue weighted by Gasteiger charge is -2.24. The zero-order chi connectivity index (χ0) is 11.4. The third kappa shape index (κ3) is 1.21. The molecule has 1 aliphatic carbocycles. The molecule has 2 unspecified atom stereocenters. The Bertz CT molecular complexity index is 550. The van der Waals surface area contributed by atoms with E-state index >= 15 is 0 Å². The van der Waals surface area contributed by atoms with Gasteiger partial charge >= 0.3 is 0 Å². The molecule has 16 heavy (non-hydrogen) atoms. The summed E-state index contributed by atoms with van der Waals surface area (Å²) in [7, 11) is 0. The van der Waals surface area contributed by atoms with Crippen LogP contribution in [0.15, 0.2) is 0 Å². The molecule has 2 aromatic heterocycles. The van der Waals surface area contributed by atoms with Gasteiger partial charge < -0.3 is 0 Å². The second kappa shape index (κ2) is 3.33. The monoisotopic (exact) mass is 234 g/mol. The van der Waals surface area contributed by atoms with Gasteiger partial charge in [0.05, 0.1) is 5.69 Å². The normalized spacial score (nSPS) is 25.0. The highest BCUT2D eigenvalue weighted by Crippen LogP contribution is 2.37. The van der Waals surface area contributed by atoms with Crippen LogP contribution in [0.3, 0.4) is 0 Å². The maximum absolute atomic E-state index is 4.85. The van der Waals surface area contributed by atoms with Gasteiger partial charge in [0.25, 0.3) is 0 Å². The van der Waals surface area contributed by atoms with Crippen LogP contribution < -0.4 is 0 Å². The molecule has 0 saturated carbocycles. The van der Waals surface area contributed by atoms with Crippen LogP contribution in [0.2, 0.25) is 0 Å². The molecule has 0 saturated heterocycles. The minimum absolute atomic E-state index is 0.621. The van der Waals surface area contributed by atoms with Crippen molar-refractivity contribution in [2.75, 3.05) is 0 Å². The molecule has 86 valence electrons. The first-order valence-electron chi connectivity index (χ1n) is 6.06. The van der Waals surface area contributed by atoms with Gasteiger partial charge in [-0.3, -0.25) is 4.40 Å². The smallest absolute Gasteiger partial charge is 0.194 e. The van der Waals surface area contributed by atoms with Crippen LogP contribution in [0.25, 0.3) is 4.96 Å². The summed E-state index contributed by atoms with van der Waals surface area (Å²) in [4.78, 5) is 7.44. The van der Waals surface area contributed by atoms with Gasteiger partial charge in [-0.2, -0.15) is 0 Å². The Morgan fingerprint density at radius 2 is 2.06 bits per heavy atom. The van der Waals surface area contributed by atoms with Crippen LogP contribution in [0, 0.1) is 19.8 Å². The summed E-state index contributed by atoms with van der Waals surface area (Å²) in [6.07, 6.45) is 2.50. The summed E-state index contributed by atoms with van der Waals surface area (Å²) in [5.74, 6) is 1.40. The first kappa shape index (κ1) is 10.3. The van der Waals surface area contributed by atoms with Crippen molar-refractivity contribution < 1.29 is 0 Å². The maximum atomic E-state index is 4.85. The number of fused-ring (bicyclic) bond motifs is 3. The van der Waals surface area contributed by atoms with Gasteiger partial charge in [0, 0.05) is 22.2 Å². The fourth-order valence-electron chi connectivity index (χ4n) is 2.72. The van der Waals surface area contributed by atoms with E-state index in [0.717, 1.165) is 5.92 Å². The van der Waals surface area contributed by atoms with E-state index in [1.54, 1.807) is 0 Å². The van der Waals surface area contributed by atoms with E-state index in [9.17, 15) is 0 Å². The molecule has 0 radical (unpaired) electrons. The minimum atomic E-state index is 0.621. The highest BCUT2D eigenvalue weighted by atomic mass is 32.1. The second-order valence-electron chi connectivity index (χ2n) is 5.11. The molecule has 3 rings (SSSR count). The van der Waals surface area contributed by atoms with Crippen molar-refractivity contribution in [2.24, 2.45) is 5.92 Å². The van der Waals surface area contributed by atoms with Crippen molar-refractivity contribution >= 4 is 16.3 Å². The van der Waals surface area contributed by atoms with Crippen molar-refractivity contribution in [3.8, 4) is 0 Å². The zero-order valence-corrected chi connectivity index (χ0v) is 11.2. The summed E-state index contributed by atoms with van der Waals surface area (Å²) < 4.78 is 2.39. The van der Waals surface area contributed by atoms with E-state index in [1.807, 2.05) is 11.3 Å². The predicted molar refractivity (Wildman–Crippen MR) is 68.4 cm³/mol. The Kier molecular flexibility index (Phi) is 2.15. The van der Waals surface area contributed by atoms with Crippen molar-refractivity contribution in [3.63, 3.8) is 0 Å². The fraction of sp³-hybridized carbons (Fsp3) is 0.615. The Labute approximate surface area is 100 Å². The van der Waals surface area contributed by atoms with E-state index in [-0.39, 0.29) is 0 Å². The number of aromatic nitrogens is 2. The van der Waals surface area contributed by atoms with Crippen LogP contribution >= 0.6 is 11.3 Å². The lowest BCUT2D eigenvalue weighted by Crippen LogP contribution is -2.16. The van der Waals surface area contributed by atoms with Crippen molar-refractivity contribution in [1.82, 2.24) is 9.38 Å². The Hall–Kier alpha value is -0.830. The van der Waals surface area contributed by atoms with Gasteiger partial charge in [0.15, 0.2) is 4.96 Å². The van der Waals surface area contributed by atoms with Crippen molar-refractivity contribution in [1.29, 1.82) is 0 Å². The first-order valence-corrected chi connectivity index (χ1v) is 6.88. The Morgan fingerprint density at radius 1 is 1.31 bits per heavy atom. The van der Waals surface area contributed by atoms with Crippen LogP contribution in [0.1, 0.15) is 48.1 Å². The zero-order valence-electron chi connectivity index (χ0n) is 10.4. The molecule has 0 aromatic carbocycles. The topological polar surface area (TPSA) is 17.3 Å². The molecule has 1 aliphatic rings.